The molecule has 1 N–H and O–H groups in total. The normalized spacial score (nSPS) is 10.9. The summed E-state index contributed by atoms with van der Waals surface area (Å²) in [6.45, 7) is -2.93. The largest absolute Gasteiger partial charge is 0.435 e. The second-order valence-corrected chi connectivity index (χ2v) is 6.58. The molecule has 7 heteroatoms. The molecular weight excluding hydrogens is 388 g/mol. The van der Waals surface area contributed by atoms with Crippen LogP contribution in [0.5, 0.6) is 5.75 Å². The minimum Gasteiger partial charge on any atom is -0.435 e. The first-order chi connectivity index (χ1) is 14.6. The molecule has 0 bridgehead atoms. The predicted octanol–water partition coefficient (Wildman–Crippen LogP) is 5.07. The Labute approximate surface area is 171 Å². The standard InChI is InChI=1S/C23H17F2N3O2/c24-23(25)30-21-9-7-18(13-17(21)12-15-4-2-1-3-5-15)28-22(29)16-6-8-19-20(14-16)27-11-10-26-19/h1-11,13-14,23H,12H2,(H,28,29). The zero-order valence-electron chi connectivity index (χ0n) is 15.8. The summed E-state index contributed by atoms with van der Waals surface area (Å²) in [6, 6.07) is 19.1. The molecule has 5 nitrogen and oxygen atoms in total. The molecule has 0 aliphatic heterocycles. The van der Waals surface area contributed by atoms with E-state index in [1.807, 2.05) is 30.3 Å². The second kappa shape index (κ2) is 8.65. The van der Waals surface area contributed by atoms with Crippen molar-refractivity contribution in [3.05, 3.63) is 95.8 Å². The van der Waals surface area contributed by atoms with E-state index < -0.39 is 6.61 Å². The van der Waals surface area contributed by atoms with Crippen LogP contribution < -0.4 is 10.1 Å². The van der Waals surface area contributed by atoms with E-state index in [1.165, 1.54) is 12.1 Å². The van der Waals surface area contributed by atoms with Gasteiger partial charge in [-0.25, -0.2) is 0 Å². The number of benzene rings is 3. The van der Waals surface area contributed by atoms with Crippen LogP contribution in [-0.2, 0) is 6.42 Å². The molecule has 0 spiro atoms. The highest BCUT2D eigenvalue weighted by Crippen LogP contribution is 2.27. The first-order valence-corrected chi connectivity index (χ1v) is 9.22. The monoisotopic (exact) mass is 405 g/mol. The average Bonchev–Trinajstić information content (AvgIpc) is 2.75. The molecule has 0 saturated carbocycles. The highest BCUT2D eigenvalue weighted by molar-refractivity contribution is 6.05. The highest BCUT2D eigenvalue weighted by atomic mass is 19.3. The number of alkyl halides is 2. The Balaban J connectivity index is 1.59. The van der Waals surface area contributed by atoms with Crippen LogP contribution in [-0.4, -0.2) is 22.5 Å². The van der Waals surface area contributed by atoms with E-state index in [0.717, 1.165) is 5.56 Å². The fourth-order valence-electron chi connectivity index (χ4n) is 3.13. The molecule has 150 valence electrons. The number of anilines is 1. The molecule has 30 heavy (non-hydrogen) atoms. The van der Waals surface area contributed by atoms with Gasteiger partial charge in [-0.3, -0.25) is 14.8 Å². The molecule has 0 saturated heterocycles. The number of carbonyl (C=O) groups is 1. The number of halogens is 2. The Hall–Kier alpha value is -3.87. The molecule has 0 aliphatic rings. The zero-order valence-corrected chi connectivity index (χ0v) is 15.8. The molecule has 0 unspecified atom stereocenters. The lowest BCUT2D eigenvalue weighted by Crippen LogP contribution is -2.13. The summed E-state index contributed by atoms with van der Waals surface area (Å²) < 4.78 is 30.2. The van der Waals surface area contributed by atoms with Crippen molar-refractivity contribution in [2.24, 2.45) is 0 Å². The Bertz CT molecular complexity index is 1180. The van der Waals surface area contributed by atoms with Crippen molar-refractivity contribution >= 4 is 22.6 Å². The highest BCUT2D eigenvalue weighted by Gasteiger charge is 2.13. The summed E-state index contributed by atoms with van der Waals surface area (Å²) in [5.74, 6) is -0.261. The predicted molar refractivity (Wildman–Crippen MR) is 110 cm³/mol. The molecule has 0 radical (unpaired) electrons. The summed E-state index contributed by atoms with van der Waals surface area (Å²) in [5, 5.41) is 2.80. The van der Waals surface area contributed by atoms with Crippen LogP contribution in [0, 0.1) is 0 Å². The van der Waals surface area contributed by atoms with Crippen LogP contribution in [0.25, 0.3) is 11.0 Å². The number of ether oxygens (including phenoxy) is 1. The first kappa shape index (κ1) is 19.4. The van der Waals surface area contributed by atoms with Gasteiger partial charge in [-0.1, -0.05) is 30.3 Å². The fourth-order valence-corrected chi connectivity index (χ4v) is 3.13. The number of nitrogens with one attached hydrogen (secondary N) is 1. The van der Waals surface area contributed by atoms with E-state index in [-0.39, 0.29) is 11.7 Å². The Kier molecular flexibility index (Phi) is 5.61. The summed E-state index contributed by atoms with van der Waals surface area (Å²) in [5.41, 5.74) is 3.67. The van der Waals surface area contributed by atoms with Gasteiger partial charge in [0.05, 0.1) is 11.0 Å². The van der Waals surface area contributed by atoms with Gasteiger partial charge in [0.15, 0.2) is 0 Å². The van der Waals surface area contributed by atoms with Gasteiger partial charge >= 0.3 is 6.61 Å². The van der Waals surface area contributed by atoms with E-state index in [1.54, 1.807) is 36.7 Å². The summed E-state index contributed by atoms with van der Waals surface area (Å²) >= 11 is 0. The molecule has 1 heterocycles. The van der Waals surface area contributed by atoms with E-state index in [9.17, 15) is 13.6 Å². The van der Waals surface area contributed by atoms with E-state index in [0.29, 0.717) is 34.3 Å². The third-order valence-corrected chi connectivity index (χ3v) is 4.50. The van der Waals surface area contributed by atoms with Gasteiger partial charge in [0, 0.05) is 35.6 Å². The Morgan fingerprint density at radius 3 is 2.47 bits per heavy atom. The number of amides is 1. The number of rotatable bonds is 6. The molecule has 0 aliphatic carbocycles. The SMILES string of the molecule is O=C(Nc1ccc(OC(F)F)c(Cc2ccccc2)c1)c1ccc2nccnc2c1. The van der Waals surface area contributed by atoms with Crippen LogP contribution in [0.1, 0.15) is 21.5 Å². The molecule has 4 aromatic rings. The van der Waals surface area contributed by atoms with Crippen molar-refractivity contribution in [2.75, 3.05) is 5.32 Å². The van der Waals surface area contributed by atoms with E-state index in [2.05, 4.69) is 20.0 Å². The number of nitrogens with zero attached hydrogens (tertiary/aromatic N) is 2. The second-order valence-electron chi connectivity index (χ2n) is 6.58. The van der Waals surface area contributed by atoms with Gasteiger partial charge in [0.2, 0.25) is 0 Å². The minimum absolute atomic E-state index is 0.0767. The van der Waals surface area contributed by atoms with Crippen LogP contribution in [0.2, 0.25) is 0 Å². The smallest absolute Gasteiger partial charge is 0.387 e. The summed E-state index contributed by atoms with van der Waals surface area (Å²) in [7, 11) is 0. The van der Waals surface area contributed by atoms with Crippen LogP contribution >= 0.6 is 0 Å². The fraction of sp³-hybridized carbons (Fsp3) is 0.0870. The van der Waals surface area contributed by atoms with Gasteiger partial charge in [0.1, 0.15) is 5.75 Å². The maximum absolute atomic E-state index is 12.8. The molecule has 1 aromatic heterocycles. The first-order valence-electron chi connectivity index (χ1n) is 9.22. The van der Waals surface area contributed by atoms with E-state index >= 15 is 0 Å². The van der Waals surface area contributed by atoms with Crippen molar-refractivity contribution < 1.29 is 18.3 Å². The molecule has 1 amide bonds. The van der Waals surface area contributed by atoms with Crippen LogP contribution in [0.4, 0.5) is 14.5 Å². The molecule has 0 atom stereocenters. The lowest BCUT2D eigenvalue weighted by molar-refractivity contribution is -0.0503. The quantitative estimate of drug-likeness (QED) is 0.486. The van der Waals surface area contributed by atoms with Gasteiger partial charge in [-0.15, -0.1) is 0 Å². The van der Waals surface area contributed by atoms with Gasteiger partial charge in [0.25, 0.3) is 5.91 Å². The number of hydrogen-bond acceptors (Lipinski definition) is 4. The van der Waals surface area contributed by atoms with Crippen molar-refractivity contribution in [1.29, 1.82) is 0 Å². The molecule has 4 rings (SSSR count). The topological polar surface area (TPSA) is 64.1 Å². The van der Waals surface area contributed by atoms with Crippen LogP contribution in [0.3, 0.4) is 0 Å². The van der Waals surface area contributed by atoms with Crippen molar-refractivity contribution in [2.45, 2.75) is 13.0 Å². The maximum atomic E-state index is 12.8. The summed E-state index contributed by atoms with van der Waals surface area (Å²) in [6.07, 6.45) is 3.53. The van der Waals surface area contributed by atoms with Gasteiger partial charge in [-0.2, -0.15) is 8.78 Å². The number of carbonyl (C=O) groups excluding carboxylic acids is 1. The van der Waals surface area contributed by atoms with Gasteiger partial charge < -0.3 is 10.1 Å². The van der Waals surface area contributed by atoms with Crippen molar-refractivity contribution in [3.8, 4) is 5.75 Å². The number of aromatic nitrogens is 2. The number of hydrogen-bond donors (Lipinski definition) is 1. The molecule has 0 fully saturated rings. The third-order valence-electron chi connectivity index (χ3n) is 4.50. The van der Waals surface area contributed by atoms with Crippen molar-refractivity contribution in [1.82, 2.24) is 9.97 Å². The maximum Gasteiger partial charge on any atom is 0.387 e. The third kappa shape index (κ3) is 4.57. The lowest BCUT2D eigenvalue weighted by Gasteiger charge is -2.14. The molecule has 3 aromatic carbocycles. The molecular formula is C23H17F2N3O2. The van der Waals surface area contributed by atoms with Crippen molar-refractivity contribution in [3.63, 3.8) is 0 Å². The number of fused-ring (bicyclic) bond motifs is 1. The van der Waals surface area contributed by atoms with E-state index in [4.69, 9.17) is 0 Å². The zero-order chi connectivity index (χ0) is 20.9. The Morgan fingerprint density at radius 2 is 1.70 bits per heavy atom. The lowest BCUT2D eigenvalue weighted by atomic mass is 10.0. The minimum atomic E-state index is -2.93. The van der Waals surface area contributed by atoms with Gasteiger partial charge in [-0.05, 0) is 42.0 Å². The van der Waals surface area contributed by atoms with Crippen LogP contribution in [0.15, 0.2) is 79.1 Å². The average molecular weight is 405 g/mol. The Morgan fingerprint density at radius 1 is 0.933 bits per heavy atom. The summed E-state index contributed by atoms with van der Waals surface area (Å²) in [4.78, 5) is 21.1.